The minimum Gasteiger partial charge on any atom is -0.374 e. The Balaban J connectivity index is 1.92. The first kappa shape index (κ1) is 14.6. The van der Waals surface area contributed by atoms with Crippen molar-refractivity contribution in [3.8, 4) is 0 Å². The molecule has 2 aromatic heterocycles. The Morgan fingerprint density at radius 2 is 2.10 bits per heavy atom. The van der Waals surface area contributed by atoms with E-state index in [2.05, 4.69) is 47.2 Å². The van der Waals surface area contributed by atoms with E-state index in [1.807, 2.05) is 0 Å². The Morgan fingerprint density at radius 3 is 2.81 bits per heavy atom. The van der Waals surface area contributed by atoms with E-state index < -0.39 is 0 Å². The van der Waals surface area contributed by atoms with E-state index in [0.29, 0.717) is 16.0 Å². The van der Waals surface area contributed by atoms with Gasteiger partial charge in [0.25, 0.3) is 0 Å². The van der Waals surface area contributed by atoms with Crippen LogP contribution in [-0.2, 0) is 5.75 Å². The molecule has 0 unspecified atom stereocenters. The number of hydrogen-bond acceptors (Lipinski definition) is 6. The summed E-state index contributed by atoms with van der Waals surface area (Å²) in [4.78, 5) is 4.55. The first-order chi connectivity index (χ1) is 10.0. The fourth-order valence-electron chi connectivity index (χ4n) is 2.02. The van der Waals surface area contributed by atoms with Crippen LogP contribution in [0.25, 0.3) is 10.9 Å². The Kier molecular flexibility index (Phi) is 4.01. The smallest absolute Gasteiger partial charge is 0.203 e. The molecule has 2 heterocycles. The summed E-state index contributed by atoms with van der Waals surface area (Å²) in [6.45, 7) is 4.15. The monoisotopic (exact) mass is 336 g/mol. The highest BCUT2D eigenvalue weighted by Crippen LogP contribution is 2.31. The summed E-state index contributed by atoms with van der Waals surface area (Å²) in [5.41, 5.74) is 9.93. The highest BCUT2D eigenvalue weighted by molar-refractivity contribution is 8.00. The molecule has 0 saturated carbocycles. The number of fused-ring (bicyclic) bond motifs is 1. The molecule has 0 aliphatic rings. The van der Waals surface area contributed by atoms with Gasteiger partial charge in [-0.25, -0.2) is 4.98 Å². The number of halogens is 1. The Morgan fingerprint density at radius 1 is 1.29 bits per heavy atom. The number of hydrogen-bond donors (Lipinski definition) is 1. The molecule has 0 aliphatic heterocycles. The molecule has 0 aliphatic carbocycles. The topological polar surface area (TPSA) is 64.7 Å². The number of benzene rings is 1. The maximum Gasteiger partial charge on any atom is 0.203 e. The van der Waals surface area contributed by atoms with Gasteiger partial charge in [0.15, 0.2) is 4.34 Å². The van der Waals surface area contributed by atoms with Crippen LogP contribution in [0.5, 0.6) is 0 Å². The fourth-order valence-corrected chi connectivity index (χ4v) is 3.92. The predicted molar refractivity (Wildman–Crippen MR) is 90.1 cm³/mol. The molecular formula is C14H13ClN4S2. The number of thioether (sulfide) groups is 1. The van der Waals surface area contributed by atoms with Crippen LogP contribution in [0.1, 0.15) is 16.7 Å². The molecule has 108 valence electrons. The summed E-state index contributed by atoms with van der Waals surface area (Å²) >= 11 is 9.26. The van der Waals surface area contributed by atoms with Gasteiger partial charge >= 0.3 is 0 Å². The number of anilines is 1. The van der Waals surface area contributed by atoms with Crippen molar-refractivity contribution in [2.45, 2.75) is 23.9 Å². The Labute approximate surface area is 135 Å². The number of rotatable bonds is 3. The lowest BCUT2D eigenvalue weighted by molar-refractivity contribution is 1.02. The highest BCUT2D eigenvalue weighted by Gasteiger charge is 2.10. The molecule has 1 aromatic carbocycles. The van der Waals surface area contributed by atoms with Crippen LogP contribution in [0.4, 0.5) is 5.13 Å². The third-order valence-electron chi connectivity index (χ3n) is 3.31. The molecule has 3 rings (SSSR count). The molecule has 0 amide bonds. The van der Waals surface area contributed by atoms with Crippen LogP contribution in [0.3, 0.4) is 0 Å². The van der Waals surface area contributed by atoms with Gasteiger partial charge in [0, 0.05) is 16.7 Å². The first-order valence-corrected chi connectivity index (χ1v) is 8.49. The summed E-state index contributed by atoms with van der Waals surface area (Å²) in [5.74, 6) is 0.698. The van der Waals surface area contributed by atoms with Gasteiger partial charge in [-0.3, -0.25) is 0 Å². The van der Waals surface area contributed by atoms with E-state index >= 15 is 0 Å². The molecule has 0 saturated heterocycles. The van der Waals surface area contributed by atoms with Crippen molar-refractivity contribution in [3.05, 3.63) is 40.0 Å². The Bertz CT molecular complexity index is 816. The van der Waals surface area contributed by atoms with Crippen molar-refractivity contribution in [3.63, 3.8) is 0 Å². The number of aromatic nitrogens is 3. The molecule has 0 atom stereocenters. The van der Waals surface area contributed by atoms with Crippen molar-refractivity contribution in [2.75, 3.05) is 5.73 Å². The predicted octanol–water partition coefficient (Wildman–Crippen LogP) is 4.23. The standard InChI is InChI=1S/C14H13ClN4S2/c1-7-3-4-9-5-10(12(15)17-11(9)8(7)2)6-20-14-19-18-13(16)21-14/h3-5H,6H2,1-2H3,(H2,16,18). The molecule has 4 nitrogen and oxygen atoms in total. The minimum atomic E-state index is 0.478. The van der Waals surface area contributed by atoms with E-state index in [9.17, 15) is 0 Å². The zero-order valence-electron chi connectivity index (χ0n) is 11.6. The van der Waals surface area contributed by atoms with E-state index in [-0.39, 0.29) is 0 Å². The summed E-state index contributed by atoms with van der Waals surface area (Å²) in [6.07, 6.45) is 0. The second-order valence-electron chi connectivity index (χ2n) is 4.71. The van der Waals surface area contributed by atoms with E-state index in [4.69, 9.17) is 17.3 Å². The molecular weight excluding hydrogens is 324 g/mol. The molecule has 3 aromatic rings. The quantitative estimate of drug-likeness (QED) is 0.572. The molecule has 2 N–H and O–H groups in total. The van der Waals surface area contributed by atoms with Crippen LogP contribution < -0.4 is 5.73 Å². The lowest BCUT2D eigenvalue weighted by Crippen LogP contribution is -1.92. The summed E-state index contributed by atoms with van der Waals surface area (Å²) in [5, 5.41) is 9.92. The fraction of sp³-hybridized carbons (Fsp3) is 0.214. The van der Waals surface area contributed by atoms with Gasteiger partial charge < -0.3 is 5.73 Å². The van der Waals surface area contributed by atoms with Crippen molar-refractivity contribution < 1.29 is 0 Å². The lowest BCUT2D eigenvalue weighted by Gasteiger charge is -2.08. The van der Waals surface area contributed by atoms with Crippen LogP contribution >= 0.6 is 34.7 Å². The van der Waals surface area contributed by atoms with Gasteiger partial charge in [-0.05, 0) is 31.0 Å². The number of pyridine rings is 1. The number of nitrogens with zero attached hydrogens (tertiary/aromatic N) is 3. The molecule has 7 heteroatoms. The molecule has 0 spiro atoms. The van der Waals surface area contributed by atoms with Gasteiger partial charge in [-0.2, -0.15) is 0 Å². The van der Waals surface area contributed by atoms with Crippen LogP contribution in [-0.4, -0.2) is 15.2 Å². The van der Waals surface area contributed by atoms with E-state index in [1.54, 1.807) is 11.8 Å². The summed E-state index contributed by atoms with van der Waals surface area (Å²) < 4.78 is 0.837. The number of nitrogens with two attached hydrogens (primary N) is 1. The third-order valence-corrected chi connectivity index (χ3v) is 5.57. The minimum absolute atomic E-state index is 0.478. The van der Waals surface area contributed by atoms with Crippen molar-refractivity contribution in [1.29, 1.82) is 0 Å². The second-order valence-corrected chi connectivity index (χ2v) is 7.30. The van der Waals surface area contributed by atoms with Crippen LogP contribution in [0.15, 0.2) is 22.5 Å². The van der Waals surface area contributed by atoms with Gasteiger partial charge in [-0.1, -0.05) is 46.8 Å². The first-order valence-electron chi connectivity index (χ1n) is 6.31. The van der Waals surface area contributed by atoms with E-state index in [1.165, 1.54) is 22.5 Å². The van der Waals surface area contributed by atoms with Gasteiger partial charge in [0.1, 0.15) is 5.15 Å². The second kappa shape index (κ2) is 5.79. The maximum atomic E-state index is 6.32. The Hall–Kier alpha value is -1.37. The summed E-state index contributed by atoms with van der Waals surface area (Å²) in [7, 11) is 0. The molecule has 0 radical (unpaired) electrons. The van der Waals surface area contributed by atoms with Gasteiger partial charge in [-0.15, -0.1) is 10.2 Å². The lowest BCUT2D eigenvalue weighted by atomic mass is 10.0. The molecule has 0 fully saturated rings. The largest absolute Gasteiger partial charge is 0.374 e. The molecule has 21 heavy (non-hydrogen) atoms. The SMILES string of the molecule is Cc1ccc2cc(CSc3nnc(N)s3)c(Cl)nc2c1C. The van der Waals surface area contributed by atoms with Crippen molar-refractivity contribution in [2.24, 2.45) is 0 Å². The van der Waals surface area contributed by atoms with Crippen LogP contribution in [0, 0.1) is 13.8 Å². The average Bonchev–Trinajstić information content (AvgIpc) is 2.87. The van der Waals surface area contributed by atoms with Gasteiger partial charge in [0.05, 0.1) is 5.52 Å². The molecule has 0 bridgehead atoms. The highest BCUT2D eigenvalue weighted by atomic mass is 35.5. The van der Waals surface area contributed by atoms with E-state index in [0.717, 1.165) is 20.8 Å². The van der Waals surface area contributed by atoms with Gasteiger partial charge in [0.2, 0.25) is 5.13 Å². The zero-order chi connectivity index (χ0) is 15.0. The zero-order valence-corrected chi connectivity index (χ0v) is 13.9. The van der Waals surface area contributed by atoms with Crippen LogP contribution in [0.2, 0.25) is 5.15 Å². The maximum absolute atomic E-state index is 6.32. The number of aryl methyl sites for hydroxylation is 2. The normalized spacial score (nSPS) is 11.2. The van der Waals surface area contributed by atoms with Crippen molar-refractivity contribution >= 4 is 50.7 Å². The third kappa shape index (κ3) is 2.97. The average molecular weight is 337 g/mol. The summed E-state index contributed by atoms with van der Waals surface area (Å²) in [6, 6.07) is 6.28. The number of nitrogen functional groups attached to an aromatic ring is 1. The van der Waals surface area contributed by atoms with Crippen molar-refractivity contribution in [1.82, 2.24) is 15.2 Å².